The van der Waals surface area contributed by atoms with Gasteiger partial charge in [-0.15, -0.1) is 0 Å². The second-order valence-corrected chi connectivity index (χ2v) is 3.80. The van der Waals surface area contributed by atoms with E-state index in [0.717, 1.165) is 25.9 Å². The van der Waals surface area contributed by atoms with Crippen molar-refractivity contribution in [1.29, 1.82) is 5.26 Å². The molecule has 0 atom stereocenters. The highest BCUT2D eigenvalue weighted by Crippen LogP contribution is 2.22. The normalized spacial score (nSPS) is 19.4. The van der Waals surface area contributed by atoms with E-state index in [1.54, 1.807) is 6.20 Å². The Labute approximate surface area is 83.8 Å². The molecule has 2 rings (SSSR count). The van der Waals surface area contributed by atoms with E-state index >= 15 is 0 Å². The van der Waals surface area contributed by atoms with Crippen molar-refractivity contribution in [2.75, 3.05) is 20.1 Å². The lowest BCUT2D eigenvalue weighted by atomic mass is 10.1. The molecular weight excluding hydrogens is 176 g/mol. The van der Waals surface area contributed by atoms with Gasteiger partial charge in [-0.3, -0.25) is 0 Å². The molecule has 0 aliphatic carbocycles. The zero-order valence-electron chi connectivity index (χ0n) is 8.35. The van der Waals surface area contributed by atoms with Crippen LogP contribution >= 0.6 is 0 Å². The second-order valence-electron chi connectivity index (χ2n) is 3.80. The summed E-state index contributed by atoms with van der Waals surface area (Å²) < 4.78 is 2.01. The van der Waals surface area contributed by atoms with Crippen LogP contribution in [-0.4, -0.2) is 34.6 Å². The first kappa shape index (κ1) is 9.22. The molecule has 0 aromatic carbocycles. The van der Waals surface area contributed by atoms with Gasteiger partial charge in [-0.2, -0.15) is 5.26 Å². The minimum absolute atomic E-state index is 0.461. The minimum atomic E-state index is 0.461. The number of aromatic nitrogens is 2. The third kappa shape index (κ3) is 1.64. The molecule has 4 heteroatoms. The van der Waals surface area contributed by atoms with Crippen LogP contribution in [0.4, 0.5) is 0 Å². The highest BCUT2D eigenvalue weighted by atomic mass is 15.1. The Bertz CT molecular complexity index is 341. The molecule has 2 heterocycles. The van der Waals surface area contributed by atoms with Crippen molar-refractivity contribution >= 4 is 0 Å². The zero-order chi connectivity index (χ0) is 9.97. The van der Waals surface area contributed by atoms with E-state index in [2.05, 4.69) is 23.0 Å². The first-order chi connectivity index (χ1) is 6.81. The monoisotopic (exact) mass is 190 g/mol. The van der Waals surface area contributed by atoms with Gasteiger partial charge in [-0.25, -0.2) is 4.98 Å². The van der Waals surface area contributed by atoms with Gasteiger partial charge in [0.15, 0.2) is 0 Å². The van der Waals surface area contributed by atoms with Gasteiger partial charge in [0.1, 0.15) is 6.07 Å². The molecule has 4 nitrogen and oxygen atoms in total. The van der Waals surface area contributed by atoms with Gasteiger partial charge in [0.2, 0.25) is 5.82 Å². The van der Waals surface area contributed by atoms with E-state index in [4.69, 9.17) is 5.26 Å². The van der Waals surface area contributed by atoms with Crippen molar-refractivity contribution in [3.05, 3.63) is 18.2 Å². The summed E-state index contributed by atoms with van der Waals surface area (Å²) in [6.07, 6.45) is 5.84. The van der Waals surface area contributed by atoms with Crippen LogP contribution in [0.1, 0.15) is 24.7 Å². The van der Waals surface area contributed by atoms with Crippen molar-refractivity contribution in [3.8, 4) is 6.07 Å². The van der Waals surface area contributed by atoms with Gasteiger partial charge in [0.25, 0.3) is 0 Å². The number of hydrogen-bond acceptors (Lipinski definition) is 3. The van der Waals surface area contributed by atoms with E-state index in [1.165, 1.54) is 0 Å². The highest BCUT2D eigenvalue weighted by molar-refractivity contribution is 5.12. The van der Waals surface area contributed by atoms with E-state index in [9.17, 15) is 0 Å². The molecule has 74 valence electrons. The lowest BCUT2D eigenvalue weighted by Crippen LogP contribution is -2.31. The Morgan fingerprint density at radius 1 is 1.50 bits per heavy atom. The Hall–Kier alpha value is -1.34. The molecule has 1 saturated heterocycles. The van der Waals surface area contributed by atoms with Gasteiger partial charge < -0.3 is 9.47 Å². The maximum absolute atomic E-state index is 8.85. The van der Waals surface area contributed by atoms with E-state index < -0.39 is 0 Å². The fraction of sp³-hybridized carbons (Fsp3) is 0.600. The molecule has 1 fully saturated rings. The summed E-state index contributed by atoms with van der Waals surface area (Å²) in [5.41, 5.74) is 0. The van der Waals surface area contributed by atoms with Crippen LogP contribution in [-0.2, 0) is 0 Å². The summed E-state index contributed by atoms with van der Waals surface area (Å²) in [4.78, 5) is 6.34. The Morgan fingerprint density at radius 2 is 2.21 bits per heavy atom. The third-order valence-electron chi connectivity index (χ3n) is 2.85. The number of rotatable bonds is 1. The SMILES string of the molecule is CN1CCC(n2ccnc2C#N)CC1. The number of likely N-dealkylation sites (tertiary alicyclic amines) is 1. The Kier molecular flexibility index (Phi) is 2.51. The average molecular weight is 190 g/mol. The van der Waals surface area contributed by atoms with Gasteiger partial charge in [0.05, 0.1) is 0 Å². The smallest absolute Gasteiger partial charge is 0.212 e. The predicted octanol–water partition coefficient (Wildman–Crippen LogP) is 1.02. The number of nitrogens with zero attached hydrogens (tertiary/aromatic N) is 4. The van der Waals surface area contributed by atoms with Crippen molar-refractivity contribution in [3.63, 3.8) is 0 Å². The van der Waals surface area contributed by atoms with E-state index in [-0.39, 0.29) is 0 Å². The van der Waals surface area contributed by atoms with Crippen LogP contribution in [0.3, 0.4) is 0 Å². The van der Waals surface area contributed by atoms with Crippen LogP contribution in [0.2, 0.25) is 0 Å². The maximum atomic E-state index is 8.85. The van der Waals surface area contributed by atoms with Gasteiger partial charge >= 0.3 is 0 Å². The van der Waals surface area contributed by atoms with Crippen molar-refractivity contribution in [2.24, 2.45) is 0 Å². The molecule has 1 aromatic heterocycles. The highest BCUT2D eigenvalue weighted by Gasteiger charge is 2.19. The summed E-state index contributed by atoms with van der Waals surface area (Å²) >= 11 is 0. The van der Waals surface area contributed by atoms with Crippen LogP contribution in [0.5, 0.6) is 0 Å². The first-order valence-corrected chi connectivity index (χ1v) is 4.92. The lowest BCUT2D eigenvalue weighted by molar-refractivity contribution is 0.220. The molecule has 0 N–H and O–H groups in total. The molecule has 1 aromatic rings. The maximum Gasteiger partial charge on any atom is 0.212 e. The summed E-state index contributed by atoms with van der Waals surface area (Å²) in [5.74, 6) is 0.541. The lowest BCUT2D eigenvalue weighted by Gasteiger charge is -2.29. The topological polar surface area (TPSA) is 44.9 Å². The summed E-state index contributed by atoms with van der Waals surface area (Å²) in [5, 5.41) is 8.85. The molecule has 0 bridgehead atoms. The minimum Gasteiger partial charge on any atom is -0.319 e. The van der Waals surface area contributed by atoms with Crippen LogP contribution in [0.15, 0.2) is 12.4 Å². The zero-order valence-corrected chi connectivity index (χ0v) is 8.35. The fourth-order valence-corrected chi connectivity index (χ4v) is 1.97. The van der Waals surface area contributed by atoms with E-state index in [0.29, 0.717) is 11.9 Å². The Morgan fingerprint density at radius 3 is 2.86 bits per heavy atom. The van der Waals surface area contributed by atoms with Crippen molar-refractivity contribution < 1.29 is 0 Å². The van der Waals surface area contributed by atoms with Crippen molar-refractivity contribution in [2.45, 2.75) is 18.9 Å². The molecule has 0 unspecified atom stereocenters. The number of piperidine rings is 1. The summed E-state index contributed by atoms with van der Waals surface area (Å²) in [7, 11) is 2.13. The summed E-state index contributed by atoms with van der Waals surface area (Å²) in [6.45, 7) is 2.21. The van der Waals surface area contributed by atoms with Crippen LogP contribution in [0.25, 0.3) is 0 Å². The van der Waals surface area contributed by atoms with Gasteiger partial charge in [-0.1, -0.05) is 0 Å². The molecule has 0 amide bonds. The fourth-order valence-electron chi connectivity index (χ4n) is 1.97. The average Bonchev–Trinajstić information content (AvgIpc) is 2.67. The molecule has 1 aliphatic heterocycles. The van der Waals surface area contributed by atoms with Crippen LogP contribution < -0.4 is 0 Å². The van der Waals surface area contributed by atoms with Crippen molar-refractivity contribution in [1.82, 2.24) is 14.5 Å². The summed E-state index contributed by atoms with van der Waals surface area (Å²) in [6, 6.07) is 2.58. The van der Waals surface area contributed by atoms with Crippen LogP contribution in [0, 0.1) is 11.3 Å². The Balaban J connectivity index is 2.13. The molecule has 0 saturated carbocycles. The predicted molar refractivity (Wildman–Crippen MR) is 52.7 cm³/mol. The number of hydrogen-bond donors (Lipinski definition) is 0. The molecule has 14 heavy (non-hydrogen) atoms. The molecule has 0 radical (unpaired) electrons. The number of imidazole rings is 1. The molecular formula is C10H14N4. The standard InChI is InChI=1S/C10H14N4/c1-13-5-2-9(3-6-13)14-7-4-12-10(14)8-11/h4,7,9H,2-3,5-6H2,1H3. The molecule has 0 spiro atoms. The third-order valence-corrected chi connectivity index (χ3v) is 2.85. The second kappa shape index (κ2) is 3.81. The van der Waals surface area contributed by atoms with Gasteiger partial charge in [0, 0.05) is 18.4 Å². The first-order valence-electron chi connectivity index (χ1n) is 4.92. The molecule has 1 aliphatic rings. The quantitative estimate of drug-likeness (QED) is 0.664. The largest absolute Gasteiger partial charge is 0.319 e. The van der Waals surface area contributed by atoms with Gasteiger partial charge in [-0.05, 0) is 33.0 Å². The van der Waals surface area contributed by atoms with E-state index in [1.807, 2.05) is 10.8 Å². The number of nitriles is 1.